The number of benzene rings is 2. The van der Waals surface area contributed by atoms with E-state index in [0.717, 1.165) is 10.2 Å². The molecule has 164 valence electrons. The maximum Gasteiger partial charge on any atom is 0.338 e. The molecule has 1 amide bonds. The summed E-state index contributed by atoms with van der Waals surface area (Å²) in [6.07, 6.45) is 0. The molecular weight excluding hydrogens is 423 g/mol. The molecule has 0 aliphatic rings. The Morgan fingerprint density at radius 3 is 2.58 bits per heavy atom. The van der Waals surface area contributed by atoms with Gasteiger partial charge in [0.05, 0.1) is 29.0 Å². The van der Waals surface area contributed by atoms with Crippen LogP contribution in [0, 0.1) is 5.82 Å². The van der Waals surface area contributed by atoms with Gasteiger partial charge in [0.25, 0.3) is 5.91 Å². The SMILES string of the molecule is CCOCCn1c(=NC(=O)COc2ccc(F)cc2)sc2cc(C(=O)OCC)ccc21. The summed E-state index contributed by atoms with van der Waals surface area (Å²) in [6, 6.07) is 10.6. The van der Waals surface area contributed by atoms with E-state index in [2.05, 4.69) is 4.99 Å². The van der Waals surface area contributed by atoms with E-state index in [1.54, 1.807) is 19.1 Å². The Kier molecular flexibility index (Phi) is 7.91. The van der Waals surface area contributed by atoms with E-state index in [0.29, 0.717) is 42.5 Å². The summed E-state index contributed by atoms with van der Waals surface area (Å²) in [5, 5.41) is 0. The predicted octanol–water partition coefficient (Wildman–Crippen LogP) is 3.56. The molecule has 0 atom stereocenters. The molecule has 0 saturated carbocycles. The molecule has 2 aromatic carbocycles. The van der Waals surface area contributed by atoms with Gasteiger partial charge in [0, 0.05) is 13.2 Å². The van der Waals surface area contributed by atoms with E-state index in [1.807, 2.05) is 17.6 Å². The van der Waals surface area contributed by atoms with Crippen LogP contribution in [-0.2, 0) is 20.8 Å². The number of ether oxygens (including phenoxy) is 3. The molecule has 0 spiro atoms. The standard InChI is InChI=1S/C22H23FN2O5S/c1-3-28-12-11-25-18-10-5-15(21(27)29-4-2)13-19(18)31-22(25)24-20(26)14-30-17-8-6-16(23)7-9-17/h5-10,13H,3-4,11-12,14H2,1-2H3. The third-order valence-electron chi connectivity index (χ3n) is 4.25. The number of hydrogen-bond acceptors (Lipinski definition) is 6. The van der Waals surface area contributed by atoms with E-state index >= 15 is 0 Å². The lowest BCUT2D eigenvalue weighted by Crippen LogP contribution is -2.21. The summed E-state index contributed by atoms with van der Waals surface area (Å²) < 4.78 is 31.6. The highest BCUT2D eigenvalue weighted by Crippen LogP contribution is 2.20. The topological polar surface area (TPSA) is 79.1 Å². The summed E-state index contributed by atoms with van der Waals surface area (Å²) >= 11 is 1.29. The van der Waals surface area contributed by atoms with Gasteiger partial charge in [0.2, 0.25) is 0 Å². The lowest BCUT2D eigenvalue weighted by molar-refractivity contribution is -0.120. The van der Waals surface area contributed by atoms with Gasteiger partial charge in [-0.25, -0.2) is 9.18 Å². The maximum absolute atomic E-state index is 13.0. The minimum atomic E-state index is -0.480. The Bertz CT molecular complexity index is 1120. The summed E-state index contributed by atoms with van der Waals surface area (Å²) in [6.45, 7) is 5.20. The van der Waals surface area contributed by atoms with Crippen LogP contribution in [0.4, 0.5) is 4.39 Å². The maximum atomic E-state index is 13.0. The third-order valence-corrected chi connectivity index (χ3v) is 5.29. The predicted molar refractivity (Wildman–Crippen MR) is 115 cm³/mol. The van der Waals surface area contributed by atoms with Crippen LogP contribution < -0.4 is 9.54 Å². The zero-order valence-electron chi connectivity index (χ0n) is 17.3. The fourth-order valence-electron chi connectivity index (χ4n) is 2.83. The largest absolute Gasteiger partial charge is 0.484 e. The molecule has 0 unspecified atom stereocenters. The second kappa shape index (κ2) is 10.8. The fourth-order valence-corrected chi connectivity index (χ4v) is 3.94. The number of carbonyl (C=O) groups is 2. The Morgan fingerprint density at radius 2 is 1.87 bits per heavy atom. The van der Waals surface area contributed by atoms with Gasteiger partial charge in [-0.15, -0.1) is 0 Å². The molecule has 9 heteroatoms. The van der Waals surface area contributed by atoms with E-state index in [-0.39, 0.29) is 12.4 Å². The molecular formula is C22H23FN2O5S. The van der Waals surface area contributed by atoms with Crippen molar-refractivity contribution in [3.8, 4) is 5.75 Å². The van der Waals surface area contributed by atoms with Crippen molar-refractivity contribution in [1.29, 1.82) is 0 Å². The number of amides is 1. The van der Waals surface area contributed by atoms with Crippen molar-refractivity contribution in [2.45, 2.75) is 20.4 Å². The molecule has 0 bridgehead atoms. The zero-order chi connectivity index (χ0) is 22.2. The second-order valence-corrected chi connectivity index (χ2v) is 7.39. The number of thiazole rings is 1. The Morgan fingerprint density at radius 1 is 1.10 bits per heavy atom. The van der Waals surface area contributed by atoms with Crippen molar-refractivity contribution < 1.29 is 28.2 Å². The highest BCUT2D eigenvalue weighted by molar-refractivity contribution is 7.16. The highest BCUT2D eigenvalue weighted by atomic mass is 32.1. The number of rotatable bonds is 9. The van der Waals surface area contributed by atoms with Crippen molar-refractivity contribution in [3.05, 3.63) is 58.6 Å². The minimum absolute atomic E-state index is 0.278. The summed E-state index contributed by atoms with van der Waals surface area (Å²) in [7, 11) is 0. The molecule has 0 aliphatic carbocycles. The average molecular weight is 447 g/mol. The Labute approximate surface area is 182 Å². The normalized spacial score (nSPS) is 11.6. The van der Waals surface area contributed by atoms with Crippen molar-refractivity contribution in [2.24, 2.45) is 4.99 Å². The van der Waals surface area contributed by atoms with Gasteiger partial charge in [-0.2, -0.15) is 4.99 Å². The smallest absolute Gasteiger partial charge is 0.338 e. The lowest BCUT2D eigenvalue weighted by Gasteiger charge is -2.06. The number of fused-ring (bicyclic) bond motifs is 1. The molecule has 0 N–H and O–H groups in total. The second-order valence-electron chi connectivity index (χ2n) is 6.38. The van der Waals surface area contributed by atoms with Gasteiger partial charge in [-0.1, -0.05) is 11.3 Å². The number of esters is 1. The van der Waals surface area contributed by atoms with E-state index in [4.69, 9.17) is 14.2 Å². The first kappa shape index (κ1) is 22.6. The highest BCUT2D eigenvalue weighted by Gasteiger charge is 2.13. The van der Waals surface area contributed by atoms with Crippen LogP contribution in [0.25, 0.3) is 10.2 Å². The van der Waals surface area contributed by atoms with E-state index in [1.165, 1.54) is 35.6 Å². The quantitative estimate of drug-likeness (QED) is 0.371. The zero-order valence-corrected chi connectivity index (χ0v) is 18.1. The van der Waals surface area contributed by atoms with Crippen LogP contribution in [0.15, 0.2) is 47.5 Å². The Balaban J connectivity index is 1.88. The molecule has 3 aromatic rings. The number of nitrogens with zero attached hydrogens (tertiary/aromatic N) is 2. The van der Waals surface area contributed by atoms with Crippen LogP contribution in [0.5, 0.6) is 5.75 Å². The van der Waals surface area contributed by atoms with Gasteiger partial charge >= 0.3 is 5.97 Å². The first-order chi connectivity index (χ1) is 15.0. The van der Waals surface area contributed by atoms with Crippen molar-refractivity contribution in [1.82, 2.24) is 4.57 Å². The van der Waals surface area contributed by atoms with Gasteiger partial charge in [-0.3, -0.25) is 4.79 Å². The number of hydrogen-bond donors (Lipinski definition) is 0. The first-order valence-electron chi connectivity index (χ1n) is 9.86. The molecule has 0 radical (unpaired) electrons. The molecule has 1 heterocycles. The summed E-state index contributed by atoms with van der Waals surface area (Å²) in [5.41, 5.74) is 1.27. The van der Waals surface area contributed by atoms with Crippen LogP contribution in [0.3, 0.4) is 0 Å². The van der Waals surface area contributed by atoms with Gasteiger partial charge in [-0.05, 0) is 56.3 Å². The fraction of sp³-hybridized carbons (Fsp3) is 0.318. The van der Waals surface area contributed by atoms with Crippen molar-refractivity contribution in [2.75, 3.05) is 26.4 Å². The van der Waals surface area contributed by atoms with Gasteiger partial charge in [0.15, 0.2) is 11.4 Å². The Hall–Kier alpha value is -3.04. The number of halogens is 1. The summed E-state index contributed by atoms with van der Waals surface area (Å²) in [4.78, 5) is 29.1. The van der Waals surface area contributed by atoms with Crippen LogP contribution >= 0.6 is 11.3 Å². The van der Waals surface area contributed by atoms with Gasteiger partial charge in [0.1, 0.15) is 11.6 Å². The van der Waals surface area contributed by atoms with Gasteiger partial charge < -0.3 is 18.8 Å². The number of aromatic nitrogens is 1. The molecule has 0 saturated heterocycles. The third kappa shape index (κ3) is 5.99. The number of carbonyl (C=O) groups excluding carboxylic acids is 2. The van der Waals surface area contributed by atoms with Crippen LogP contribution in [0.2, 0.25) is 0 Å². The van der Waals surface area contributed by atoms with Crippen LogP contribution in [-0.4, -0.2) is 42.9 Å². The molecule has 1 aromatic heterocycles. The molecule has 3 rings (SSSR count). The van der Waals surface area contributed by atoms with Crippen molar-refractivity contribution >= 4 is 33.4 Å². The lowest BCUT2D eigenvalue weighted by atomic mass is 10.2. The van der Waals surface area contributed by atoms with E-state index in [9.17, 15) is 14.0 Å². The molecule has 0 fully saturated rings. The first-order valence-corrected chi connectivity index (χ1v) is 10.7. The van der Waals surface area contributed by atoms with Crippen LogP contribution in [0.1, 0.15) is 24.2 Å². The monoisotopic (exact) mass is 446 g/mol. The molecule has 31 heavy (non-hydrogen) atoms. The summed E-state index contributed by atoms with van der Waals surface area (Å²) in [5.74, 6) is -0.886. The minimum Gasteiger partial charge on any atom is -0.484 e. The average Bonchev–Trinajstić information content (AvgIpc) is 3.10. The molecule has 7 nitrogen and oxygen atoms in total. The molecule has 0 aliphatic heterocycles. The van der Waals surface area contributed by atoms with E-state index < -0.39 is 11.9 Å². The van der Waals surface area contributed by atoms with Crippen molar-refractivity contribution in [3.63, 3.8) is 0 Å².